The number of hydrogen-bond acceptors (Lipinski definition) is 20. The Balaban J connectivity index is 0.000000345. The Morgan fingerprint density at radius 2 is 0.558 bits per heavy atom. The van der Waals surface area contributed by atoms with Crippen molar-refractivity contribution in [2.75, 3.05) is 66.1 Å². The van der Waals surface area contributed by atoms with Gasteiger partial charge < -0.3 is 56.8 Å². The van der Waals surface area contributed by atoms with E-state index in [2.05, 4.69) is 44.7 Å². The van der Waals surface area contributed by atoms with E-state index >= 15 is 0 Å². The summed E-state index contributed by atoms with van der Waals surface area (Å²) in [6, 6.07) is 35.9. The van der Waals surface area contributed by atoms with E-state index in [9.17, 15) is 38.4 Å². The Morgan fingerprint density at radius 3 is 0.876 bits per heavy atom. The van der Waals surface area contributed by atoms with E-state index in [0.29, 0.717) is 149 Å². The van der Waals surface area contributed by atoms with Gasteiger partial charge >= 0.3 is 47.8 Å². The molecule has 2 aliphatic carbocycles. The van der Waals surface area contributed by atoms with E-state index in [0.717, 1.165) is 197 Å². The summed E-state index contributed by atoms with van der Waals surface area (Å²) in [5.74, 6) is 4.81. The number of rotatable bonds is 67. The molecule has 0 N–H and O–H groups in total. The van der Waals surface area contributed by atoms with Crippen LogP contribution in [-0.2, 0) is 52.4 Å². The quantitative estimate of drug-likeness (QED) is 0.0115. The van der Waals surface area contributed by atoms with Crippen molar-refractivity contribution in [2.45, 2.75) is 369 Å². The fourth-order valence-corrected chi connectivity index (χ4v) is 15.8. The highest BCUT2D eigenvalue weighted by Crippen LogP contribution is 2.40. The molecule has 0 saturated heterocycles. The van der Waals surface area contributed by atoms with E-state index in [-0.39, 0.29) is 48.4 Å². The molecule has 0 unspecified atom stereocenters. The third kappa shape index (κ3) is 51.8. The van der Waals surface area contributed by atoms with Crippen molar-refractivity contribution in [1.29, 1.82) is 0 Å². The van der Waals surface area contributed by atoms with Crippen LogP contribution >= 0.6 is 0 Å². The summed E-state index contributed by atoms with van der Waals surface area (Å²) in [6.07, 6.45) is 51.0. The lowest BCUT2D eigenvalue weighted by molar-refractivity contribution is -0.144. The Hall–Kier alpha value is -9.20. The maximum Gasteiger partial charge on any atom is 0.343 e. The number of hydrogen-bond donors (Lipinski definition) is 0. The minimum Gasteiger partial charge on any atom is -0.494 e. The number of carbonyl (C=O) groups excluding carboxylic acids is 8. The first-order valence-electron chi connectivity index (χ1n) is 50.1. The number of carbonyl (C=O) groups is 8. The van der Waals surface area contributed by atoms with Crippen LogP contribution in [0, 0.1) is 11.8 Å². The number of ether oxygens (including phenoxy) is 12. The second-order valence-electron chi connectivity index (χ2n) is 34.7. The zero-order chi connectivity index (χ0) is 92.8. The molecule has 0 bridgehead atoms. The van der Waals surface area contributed by atoms with Gasteiger partial charge in [-0.1, -0.05) is 226 Å². The summed E-state index contributed by atoms with van der Waals surface area (Å²) in [5.41, 5.74) is 4.51. The second-order valence-corrected chi connectivity index (χ2v) is 34.7. The van der Waals surface area contributed by atoms with Crippen LogP contribution in [0.3, 0.4) is 0 Å². The Bertz CT molecular complexity index is 3650. The predicted molar refractivity (Wildman–Crippen MR) is 512 cm³/mol. The van der Waals surface area contributed by atoms with E-state index in [1.807, 2.05) is 68.4 Å². The summed E-state index contributed by atoms with van der Waals surface area (Å²) in [5, 5.41) is 0. The van der Waals surface area contributed by atoms with Gasteiger partial charge in [-0.3, -0.25) is 19.2 Å². The fourth-order valence-electron chi connectivity index (χ4n) is 15.8. The average Bonchev–Trinajstić information content (AvgIpc) is 0.847. The first-order chi connectivity index (χ1) is 62.9. The van der Waals surface area contributed by atoms with Gasteiger partial charge in [0.05, 0.1) is 77.2 Å². The van der Waals surface area contributed by atoms with Gasteiger partial charge in [-0.25, -0.2) is 19.2 Å². The van der Waals surface area contributed by atoms with Crippen molar-refractivity contribution in [2.24, 2.45) is 11.8 Å². The van der Waals surface area contributed by atoms with Gasteiger partial charge in [-0.05, 0) is 261 Å². The third-order valence-electron chi connectivity index (χ3n) is 23.9. The largest absolute Gasteiger partial charge is 0.494 e. The van der Waals surface area contributed by atoms with Gasteiger partial charge in [-0.2, -0.15) is 0 Å². The first kappa shape index (κ1) is 110. The van der Waals surface area contributed by atoms with Gasteiger partial charge in [-0.15, -0.1) is 0 Å². The van der Waals surface area contributed by atoms with Crippen molar-refractivity contribution in [3.8, 4) is 34.5 Å². The minimum atomic E-state index is -0.441. The van der Waals surface area contributed by atoms with Crippen LogP contribution in [0.15, 0.2) is 127 Å². The molecule has 0 aliphatic heterocycles. The van der Waals surface area contributed by atoms with Crippen molar-refractivity contribution < 1.29 is 95.2 Å². The van der Waals surface area contributed by atoms with Crippen LogP contribution in [0.25, 0.3) is 0 Å². The molecule has 7 rings (SSSR count). The zero-order valence-corrected chi connectivity index (χ0v) is 80.2. The molecule has 0 amide bonds. The summed E-state index contributed by atoms with van der Waals surface area (Å²) in [4.78, 5) is 94.4. The highest BCUT2D eigenvalue weighted by atomic mass is 16.6. The van der Waals surface area contributed by atoms with Gasteiger partial charge in [0.25, 0.3) is 0 Å². The molecule has 0 radical (unpaired) electrons. The summed E-state index contributed by atoms with van der Waals surface area (Å²) >= 11 is 0. The standard InChI is InChI=1S/C39H62O10.2C35H50O5/c1-5-36(40)46-27-19-13-9-7-11-17-25-44-33-23-24-35(45-26-18-12-8-10-14-20-28-47-37(41)6-2)34(31-33)39(43)49-30-22-16-15-21-29-48-38(42)32(3)4;2*1-3-5-10-13-28-14-16-29(17-15-28)30-18-24-33(25-19-30)40-35(37)31-20-22-32(23-21-31)38-26-11-8-6-7-9-12-27-39-34(36)4-2/h23-24,31H,3,5-22,25-30H2,1-2,4H3;2*18-25,28-29H,3-17,26-27H2,1-2H3. The molecule has 0 atom stereocenters. The molecule has 5 aromatic carbocycles. The maximum absolute atomic E-state index is 13.1. The Labute approximate surface area is 774 Å². The first-order valence-corrected chi connectivity index (χ1v) is 50.1. The molecule has 5 aromatic rings. The predicted octanol–water partition coefficient (Wildman–Crippen LogP) is 27.7. The van der Waals surface area contributed by atoms with Crippen molar-refractivity contribution >= 4 is 47.8 Å². The van der Waals surface area contributed by atoms with Crippen molar-refractivity contribution in [3.05, 3.63) is 155 Å². The van der Waals surface area contributed by atoms with Gasteiger partial charge in [0.15, 0.2) is 0 Å². The zero-order valence-electron chi connectivity index (χ0n) is 80.2. The third-order valence-corrected chi connectivity index (χ3v) is 23.9. The normalized spacial score (nSPS) is 14.5. The molecule has 0 aromatic heterocycles. The molecule has 2 saturated carbocycles. The molecule has 129 heavy (non-hydrogen) atoms. The van der Waals surface area contributed by atoms with E-state index in [1.165, 1.54) is 114 Å². The lowest BCUT2D eigenvalue weighted by Crippen LogP contribution is -2.13. The van der Waals surface area contributed by atoms with E-state index in [1.54, 1.807) is 57.2 Å². The van der Waals surface area contributed by atoms with Crippen LogP contribution in [0.5, 0.6) is 34.5 Å². The van der Waals surface area contributed by atoms with Crippen LogP contribution in [0.2, 0.25) is 0 Å². The molecular formula is C109H162O20. The van der Waals surface area contributed by atoms with Gasteiger partial charge in [0.2, 0.25) is 0 Å². The van der Waals surface area contributed by atoms with Crippen LogP contribution in [-0.4, -0.2) is 114 Å². The number of esters is 8. The molecule has 2 fully saturated rings. The SMILES string of the molecule is C=C(C)C(=O)OCCCCCCOC(=O)c1cc(OCCCCCCCCOC(=O)CC)ccc1OCCCCCCCCOC(=O)CC.CCCCCC1CCC(c2ccc(OC(=O)c3ccc(OCCCCCCCCOC(=O)CC)cc3)cc2)CC1.CCCCCC1CCC(c2ccc(OC(=O)c3ccc(OCCCCCCCCOC(=O)CC)cc3)cc2)CC1. The Morgan fingerprint density at radius 1 is 0.279 bits per heavy atom. The van der Waals surface area contributed by atoms with E-state index < -0.39 is 5.97 Å². The number of unbranched alkanes of at least 4 members (excludes halogenated alkanes) is 27. The monoisotopic (exact) mass is 1790 g/mol. The molecule has 0 heterocycles. The van der Waals surface area contributed by atoms with Crippen molar-refractivity contribution in [1.82, 2.24) is 0 Å². The molecule has 20 heteroatoms. The molecule has 20 nitrogen and oxygen atoms in total. The van der Waals surface area contributed by atoms with Crippen LogP contribution in [0.1, 0.15) is 411 Å². The molecule has 0 spiro atoms. The van der Waals surface area contributed by atoms with Gasteiger partial charge in [0, 0.05) is 31.3 Å². The fraction of sp³-hybridized carbons (Fsp3) is 0.633. The lowest BCUT2D eigenvalue weighted by atomic mass is 9.77. The molecule has 2 aliphatic rings. The van der Waals surface area contributed by atoms with Crippen molar-refractivity contribution in [3.63, 3.8) is 0 Å². The smallest absolute Gasteiger partial charge is 0.343 e. The van der Waals surface area contributed by atoms with Crippen LogP contribution in [0.4, 0.5) is 0 Å². The maximum atomic E-state index is 13.1. The molecule has 718 valence electrons. The van der Waals surface area contributed by atoms with Crippen LogP contribution < -0.4 is 28.4 Å². The highest BCUT2D eigenvalue weighted by molar-refractivity contribution is 5.93. The summed E-state index contributed by atoms with van der Waals surface area (Å²) < 4.78 is 66.0. The summed E-state index contributed by atoms with van der Waals surface area (Å²) in [6.45, 7) is 22.0. The summed E-state index contributed by atoms with van der Waals surface area (Å²) in [7, 11) is 0. The lowest BCUT2D eigenvalue weighted by Gasteiger charge is -2.29. The topological polar surface area (TPSA) is 247 Å². The van der Waals surface area contributed by atoms with E-state index in [4.69, 9.17) is 56.8 Å². The second kappa shape index (κ2) is 71.5. The minimum absolute atomic E-state index is 0.118. The molecular weight excluding hydrogens is 1630 g/mol. The number of benzene rings is 5. The highest BCUT2D eigenvalue weighted by Gasteiger charge is 2.25. The Kier molecular flexibility index (Phi) is 61.2. The average molecular weight is 1790 g/mol. The van der Waals surface area contributed by atoms with Gasteiger partial charge in [0.1, 0.15) is 40.1 Å².